The van der Waals surface area contributed by atoms with Crippen molar-refractivity contribution < 1.29 is 52.6 Å². The molecule has 0 aromatic rings. The maximum atomic E-state index is 8.74. The molecule has 0 aromatic heterocycles. The van der Waals surface area contributed by atoms with Crippen molar-refractivity contribution in [1.82, 2.24) is 0 Å². The van der Waals surface area contributed by atoms with Crippen LogP contribution in [0.3, 0.4) is 0 Å². The predicted octanol–water partition coefficient (Wildman–Crippen LogP) is -3.71. The van der Waals surface area contributed by atoms with Gasteiger partial charge in [0.15, 0.2) is 0 Å². The van der Waals surface area contributed by atoms with E-state index in [4.69, 9.17) is 52.6 Å². The molecule has 0 unspecified atom stereocenters. The zero-order chi connectivity index (χ0) is 13.5. The van der Waals surface area contributed by atoms with E-state index in [0.29, 0.717) is 0 Å². The first-order valence-corrected chi connectivity index (χ1v) is 6.10. The molecule has 0 aliphatic rings. The second-order valence-electron chi connectivity index (χ2n) is 1.26. The first-order chi connectivity index (χ1) is 6.00. The van der Waals surface area contributed by atoms with Crippen molar-refractivity contribution >= 4 is 55.1 Å². The van der Waals surface area contributed by atoms with Crippen molar-refractivity contribution in [3.8, 4) is 0 Å². The van der Waals surface area contributed by atoms with Gasteiger partial charge in [-0.3, -0.25) is 25.9 Å². The van der Waals surface area contributed by atoms with E-state index >= 15 is 0 Å². The van der Waals surface area contributed by atoms with Crippen LogP contribution in [-0.2, 0) is 31.2 Å². The van der Waals surface area contributed by atoms with Crippen LogP contribution in [0.2, 0.25) is 0 Å². The predicted molar refractivity (Wildman–Crippen MR) is 40.9 cm³/mol. The van der Waals surface area contributed by atoms with E-state index in [-0.39, 0.29) is 23.9 Å². The Balaban J connectivity index is -0.0000000655. The van der Waals surface area contributed by atoms with Gasteiger partial charge in [-0.25, -0.2) is 0 Å². The second-order valence-corrected chi connectivity index (χ2v) is 3.79. The Labute approximate surface area is 107 Å². The average Bonchev–Trinajstić information content (AvgIpc) is 1.41. The van der Waals surface area contributed by atoms with Gasteiger partial charge in [-0.1, -0.05) is 0 Å². The summed E-state index contributed by atoms with van der Waals surface area (Å²) in [6.07, 6.45) is 0. The van der Waals surface area contributed by atoms with Gasteiger partial charge in [-0.05, 0) is 0 Å². The molecule has 12 nitrogen and oxygen atoms in total. The minimum absolute atomic E-state index is 0. The fourth-order valence-corrected chi connectivity index (χ4v) is 0. The normalized spacial score (nSPS) is 10.9. The molecule has 0 fully saturated rings. The van der Waals surface area contributed by atoms with E-state index in [9.17, 15) is 0 Å². The summed E-state index contributed by atoms with van der Waals surface area (Å²) >= 11 is 0. The Bertz CT molecular complexity index is 337. The van der Waals surface area contributed by atoms with Crippen molar-refractivity contribution in [2.24, 2.45) is 0 Å². The van der Waals surface area contributed by atoms with Gasteiger partial charge >= 0.3 is 10.4 Å². The van der Waals surface area contributed by atoms with Crippen molar-refractivity contribution in [3.05, 3.63) is 0 Å². The molecule has 0 atom stereocenters. The van der Waals surface area contributed by atoms with Crippen LogP contribution in [0.25, 0.3) is 0 Å². The minimum Gasteiger partial charge on any atom is -0.759 e. The summed E-state index contributed by atoms with van der Waals surface area (Å²) in [4.78, 5) is 0. The fourth-order valence-electron chi connectivity index (χ4n) is 0. The van der Waals surface area contributed by atoms with Gasteiger partial charge in [0.2, 0.25) is 0 Å². The third-order valence-corrected chi connectivity index (χ3v) is 0. The number of hydrogen-bond donors (Lipinski definition) is 2. The SMILES string of the molecule is O=S(=O)(O)O.O=S(=O)([O-])[O-].O=S(=O)([O-])[O-].[Sn]. The van der Waals surface area contributed by atoms with Crippen molar-refractivity contribution in [2.75, 3.05) is 0 Å². The summed E-state index contributed by atoms with van der Waals surface area (Å²) in [7, 11) is -15.0. The maximum absolute atomic E-state index is 8.74. The first-order valence-electron chi connectivity index (χ1n) is 2.03. The Morgan fingerprint density at radius 1 is 0.625 bits per heavy atom. The maximum Gasteiger partial charge on any atom is 0.394 e. The molecular weight excluding hydrogens is 407 g/mol. The van der Waals surface area contributed by atoms with Crippen LogP contribution in [0.1, 0.15) is 0 Å². The van der Waals surface area contributed by atoms with Crippen LogP contribution in [0.4, 0.5) is 0 Å². The molecular formula is H2O12S3Sn-4. The van der Waals surface area contributed by atoms with Crippen LogP contribution < -0.4 is 0 Å². The molecule has 0 rings (SSSR count). The minimum atomic E-state index is -5.17. The Hall–Kier alpha value is 0.409. The summed E-state index contributed by atoms with van der Waals surface area (Å²) in [5.74, 6) is 0. The van der Waals surface area contributed by atoms with Gasteiger partial charge in [-0.15, -0.1) is 0 Å². The van der Waals surface area contributed by atoms with Gasteiger partial charge in [-0.2, -0.15) is 8.42 Å². The fraction of sp³-hybridized carbons (Fsp3) is 0. The van der Waals surface area contributed by atoms with Crippen LogP contribution >= 0.6 is 0 Å². The molecule has 100 valence electrons. The Kier molecular flexibility index (Phi) is 14.9. The quantitative estimate of drug-likeness (QED) is 0.223. The third-order valence-electron chi connectivity index (χ3n) is 0. The monoisotopic (exact) mass is 410 g/mol. The van der Waals surface area contributed by atoms with E-state index in [2.05, 4.69) is 0 Å². The zero-order valence-electron chi connectivity index (χ0n) is 6.70. The molecule has 16 heavy (non-hydrogen) atoms. The van der Waals surface area contributed by atoms with E-state index in [1.165, 1.54) is 0 Å². The molecule has 0 aliphatic carbocycles. The molecule has 0 bridgehead atoms. The summed E-state index contributed by atoms with van der Waals surface area (Å²) in [5.41, 5.74) is 0. The zero-order valence-corrected chi connectivity index (χ0v) is 12.0. The van der Waals surface area contributed by atoms with E-state index < -0.39 is 31.2 Å². The van der Waals surface area contributed by atoms with Gasteiger partial charge in [0.05, 0.1) is 0 Å². The van der Waals surface area contributed by atoms with Crippen LogP contribution in [0, 0.1) is 0 Å². The summed E-state index contributed by atoms with van der Waals surface area (Å²) in [6, 6.07) is 0. The standard InChI is InChI=1S/3H2O4S.Sn/c3*1-5(2,3)4;/h3*(H2,1,2,3,4);/p-4. The average molecular weight is 409 g/mol. The van der Waals surface area contributed by atoms with E-state index in [1.54, 1.807) is 0 Å². The van der Waals surface area contributed by atoms with Crippen molar-refractivity contribution in [3.63, 3.8) is 0 Å². The van der Waals surface area contributed by atoms with E-state index in [1.807, 2.05) is 0 Å². The molecule has 16 heteroatoms. The summed E-state index contributed by atoms with van der Waals surface area (Å²) < 4.78 is 99.7. The molecule has 0 saturated heterocycles. The van der Waals surface area contributed by atoms with Gasteiger partial charge < -0.3 is 18.2 Å². The first kappa shape index (κ1) is 25.3. The van der Waals surface area contributed by atoms with Gasteiger partial charge in [0.25, 0.3) is 0 Å². The molecule has 0 saturated carbocycles. The summed E-state index contributed by atoms with van der Waals surface area (Å²) in [5, 5.41) is 0. The van der Waals surface area contributed by atoms with Crippen molar-refractivity contribution in [2.45, 2.75) is 0 Å². The topological polar surface area (TPSA) is 235 Å². The molecule has 0 aliphatic heterocycles. The third kappa shape index (κ3) is 15500. The smallest absolute Gasteiger partial charge is 0.394 e. The van der Waals surface area contributed by atoms with Crippen LogP contribution in [-0.4, -0.2) is 76.5 Å². The molecule has 2 N–H and O–H groups in total. The van der Waals surface area contributed by atoms with E-state index in [0.717, 1.165) is 0 Å². The molecule has 0 heterocycles. The number of rotatable bonds is 0. The summed E-state index contributed by atoms with van der Waals surface area (Å²) in [6.45, 7) is 0. The molecule has 0 spiro atoms. The van der Waals surface area contributed by atoms with Gasteiger partial charge in [0.1, 0.15) is 0 Å². The molecule has 4 radical (unpaired) electrons. The number of hydrogen-bond acceptors (Lipinski definition) is 10. The van der Waals surface area contributed by atoms with Gasteiger partial charge in [0, 0.05) is 44.7 Å². The molecule has 0 amide bonds. The van der Waals surface area contributed by atoms with Crippen LogP contribution in [0.5, 0.6) is 0 Å². The van der Waals surface area contributed by atoms with Crippen molar-refractivity contribution in [1.29, 1.82) is 0 Å². The molecule has 0 aromatic carbocycles. The van der Waals surface area contributed by atoms with Crippen LogP contribution in [0.15, 0.2) is 0 Å². The largest absolute Gasteiger partial charge is 0.759 e. The second kappa shape index (κ2) is 9.44. The Morgan fingerprint density at radius 3 is 0.625 bits per heavy atom. The Morgan fingerprint density at radius 2 is 0.625 bits per heavy atom.